The van der Waals surface area contributed by atoms with Gasteiger partial charge in [0, 0.05) is 30.1 Å². The minimum atomic E-state index is -0.491. The van der Waals surface area contributed by atoms with Crippen molar-refractivity contribution in [1.82, 2.24) is 0 Å². The van der Waals surface area contributed by atoms with E-state index in [1.165, 1.54) is 18.2 Å². The van der Waals surface area contributed by atoms with Crippen molar-refractivity contribution in [3.63, 3.8) is 0 Å². The number of halogens is 1. The molecule has 5 rings (SSSR count). The van der Waals surface area contributed by atoms with Gasteiger partial charge in [-0.15, -0.1) is 0 Å². The predicted octanol–water partition coefficient (Wildman–Crippen LogP) is 4.37. The van der Waals surface area contributed by atoms with Crippen LogP contribution >= 0.6 is 11.6 Å². The van der Waals surface area contributed by atoms with Crippen LogP contribution in [0.5, 0.6) is 5.75 Å². The first kappa shape index (κ1) is 24.4. The van der Waals surface area contributed by atoms with E-state index >= 15 is 0 Å². The molecule has 6 nitrogen and oxygen atoms in total. The van der Waals surface area contributed by atoms with Crippen molar-refractivity contribution in [2.75, 3.05) is 38.3 Å². The van der Waals surface area contributed by atoms with Crippen LogP contribution in [0.1, 0.15) is 53.6 Å². The number of carbonyl (C=O) groups excluding carboxylic acids is 1. The van der Waals surface area contributed by atoms with Gasteiger partial charge in [-0.25, -0.2) is 4.79 Å². The van der Waals surface area contributed by atoms with Crippen LogP contribution in [0.3, 0.4) is 0 Å². The standard InChI is InChI=1S/C28H34ClNO5/c1-34-27(33)19-5-9-26-24(14-19)30(15-20-4-7-22(20)25(32)10-12-31)16-28(17-35-26)11-2-3-18-13-21(29)6-8-23(18)28/h5-6,8-9,13-14,20,22,25,31-32H,2-4,7,10-12,15-17H2,1H3/t20-,22+,25-,28-/m0/s1. The first-order valence-corrected chi connectivity index (χ1v) is 13.0. The summed E-state index contributed by atoms with van der Waals surface area (Å²) in [6, 6.07) is 11.7. The van der Waals surface area contributed by atoms with E-state index in [2.05, 4.69) is 17.0 Å². The molecule has 0 bridgehead atoms. The molecule has 2 aromatic rings. The van der Waals surface area contributed by atoms with Gasteiger partial charge >= 0.3 is 5.97 Å². The average molecular weight is 500 g/mol. The van der Waals surface area contributed by atoms with Gasteiger partial charge in [0.25, 0.3) is 0 Å². The lowest BCUT2D eigenvalue weighted by Crippen LogP contribution is -2.49. The number of carbonyl (C=O) groups is 1. The zero-order valence-electron chi connectivity index (χ0n) is 20.2. The van der Waals surface area contributed by atoms with E-state index < -0.39 is 6.10 Å². The van der Waals surface area contributed by atoms with Crippen molar-refractivity contribution in [2.45, 2.75) is 50.0 Å². The summed E-state index contributed by atoms with van der Waals surface area (Å²) >= 11 is 6.34. The quantitative estimate of drug-likeness (QED) is 0.575. The Morgan fingerprint density at radius 1 is 1.29 bits per heavy atom. The predicted molar refractivity (Wildman–Crippen MR) is 135 cm³/mol. The SMILES string of the molecule is COC(=O)c1ccc2c(c1)N(C[C@@H]1CC[C@H]1[C@@H](O)CCO)C[C@@]1(CCCc3cc(Cl)ccc31)CO2. The maximum Gasteiger partial charge on any atom is 0.337 e. The first-order chi connectivity index (χ1) is 16.9. The molecule has 2 N–H and O–H groups in total. The van der Waals surface area contributed by atoms with Crippen LogP contribution in [0.4, 0.5) is 5.69 Å². The van der Waals surface area contributed by atoms with Crippen LogP contribution in [0.2, 0.25) is 5.02 Å². The molecular formula is C28H34ClNO5. The Morgan fingerprint density at radius 3 is 2.89 bits per heavy atom. The number of aryl methyl sites for hydroxylation is 1. The third kappa shape index (κ3) is 4.64. The zero-order chi connectivity index (χ0) is 24.6. The number of anilines is 1. The monoisotopic (exact) mass is 499 g/mol. The smallest absolute Gasteiger partial charge is 0.337 e. The van der Waals surface area contributed by atoms with Gasteiger partial charge in [0.15, 0.2) is 0 Å². The Kier molecular flexibility index (Phi) is 6.97. The molecular weight excluding hydrogens is 466 g/mol. The molecule has 4 atom stereocenters. The molecule has 1 spiro atoms. The number of aliphatic hydroxyl groups is 2. The van der Waals surface area contributed by atoms with Crippen LogP contribution < -0.4 is 9.64 Å². The summed E-state index contributed by atoms with van der Waals surface area (Å²) in [6.07, 6.45) is 5.01. The lowest BCUT2D eigenvalue weighted by Gasteiger charge is -2.45. The van der Waals surface area contributed by atoms with Crippen LogP contribution in [0.25, 0.3) is 0 Å². The second-order valence-corrected chi connectivity index (χ2v) is 10.8. The number of rotatable bonds is 6. The van der Waals surface area contributed by atoms with E-state index in [9.17, 15) is 15.0 Å². The van der Waals surface area contributed by atoms with Gasteiger partial charge in [0.05, 0.1) is 31.1 Å². The van der Waals surface area contributed by atoms with Gasteiger partial charge in [-0.05, 0) is 91.8 Å². The van der Waals surface area contributed by atoms with Gasteiger partial charge in [-0.2, -0.15) is 0 Å². The normalized spacial score (nSPS) is 26.1. The van der Waals surface area contributed by atoms with E-state index in [0.717, 1.165) is 61.7 Å². The molecule has 2 aliphatic carbocycles. The number of esters is 1. The van der Waals surface area contributed by atoms with Gasteiger partial charge < -0.3 is 24.6 Å². The lowest BCUT2D eigenvalue weighted by molar-refractivity contribution is 0.00138. The summed E-state index contributed by atoms with van der Waals surface area (Å²) in [4.78, 5) is 14.7. The average Bonchev–Trinajstić information content (AvgIpc) is 2.98. The van der Waals surface area contributed by atoms with Crippen molar-refractivity contribution in [3.05, 3.63) is 58.1 Å². The second kappa shape index (κ2) is 10.00. The highest BCUT2D eigenvalue weighted by molar-refractivity contribution is 6.30. The number of hydrogen-bond acceptors (Lipinski definition) is 6. The molecule has 0 aromatic heterocycles. The molecule has 35 heavy (non-hydrogen) atoms. The Balaban J connectivity index is 1.52. The number of hydrogen-bond donors (Lipinski definition) is 2. The van der Waals surface area contributed by atoms with E-state index in [1.54, 1.807) is 6.07 Å². The summed E-state index contributed by atoms with van der Waals surface area (Å²) < 4.78 is 11.4. The van der Waals surface area contributed by atoms with E-state index in [-0.39, 0.29) is 23.9 Å². The van der Waals surface area contributed by atoms with Crippen molar-refractivity contribution < 1.29 is 24.5 Å². The highest BCUT2D eigenvalue weighted by Crippen LogP contribution is 2.46. The molecule has 0 amide bonds. The van der Waals surface area contributed by atoms with Crippen molar-refractivity contribution in [2.24, 2.45) is 11.8 Å². The lowest BCUT2D eigenvalue weighted by atomic mass is 9.68. The van der Waals surface area contributed by atoms with E-state index in [0.29, 0.717) is 24.5 Å². The minimum absolute atomic E-state index is 0.00425. The summed E-state index contributed by atoms with van der Waals surface area (Å²) in [5, 5.41) is 20.7. The van der Waals surface area contributed by atoms with Crippen molar-refractivity contribution in [1.29, 1.82) is 0 Å². The molecule has 0 saturated heterocycles. The fraction of sp³-hybridized carbons (Fsp3) is 0.536. The molecule has 3 aliphatic rings. The number of ether oxygens (including phenoxy) is 2. The maximum atomic E-state index is 12.3. The Hall–Kier alpha value is -2.28. The topological polar surface area (TPSA) is 79.2 Å². The van der Waals surface area contributed by atoms with Crippen molar-refractivity contribution >= 4 is 23.3 Å². The summed E-state index contributed by atoms with van der Waals surface area (Å²) in [6.45, 7) is 2.08. The number of aliphatic hydroxyl groups excluding tert-OH is 2. The molecule has 0 unspecified atom stereocenters. The number of methoxy groups -OCH3 is 1. The van der Waals surface area contributed by atoms with Gasteiger partial charge in [-0.1, -0.05) is 17.7 Å². The fourth-order valence-corrected chi connectivity index (χ4v) is 6.51. The summed E-state index contributed by atoms with van der Waals surface area (Å²) in [7, 11) is 1.39. The molecule has 1 heterocycles. The highest BCUT2D eigenvalue weighted by Gasteiger charge is 2.44. The van der Waals surface area contributed by atoms with Crippen LogP contribution in [-0.2, 0) is 16.6 Å². The zero-order valence-corrected chi connectivity index (χ0v) is 21.0. The van der Waals surface area contributed by atoms with Gasteiger partial charge in [0.1, 0.15) is 5.75 Å². The molecule has 188 valence electrons. The Labute approximate surface area is 211 Å². The summed E-state index contributed by atoms with van der Waals surface area (Å²) in [5.41, 5.74) is 3.79. The van der Waals surface area contributed by atoms with E-state index in [1.807, 2.05) is 18.2 Å². The Bertz CT molecular complexity index is 1090. The minimum Gasteiger partial charge on any atom is -0.490 e. The fourth-order valence-electron chi connectivity index (χ4n) is 6.32. The number of fused-ring (bicyclic) bond motifs is 3. The van der Waals surface area contributed by atoms with E-state index in [4.69, 9.17) is 21.1 Å². The Morgan fingerprint density at radius 2 is 2.14 bits per heavy atom. The third-order valence-corrected chi connectivity index (χ3v) is 8.54. The van der Waals surface area contributed by atoms with Gasteiger partial charge in [-0.3, -0.25) is 0 Å². The second-order valence-electron chi connectivity index (χ2n) is 10.4. The third-order valence-electron chi connectivity index (χ3n) is 8.31. The molecule has 1 saturated carbocycles. The van der Waals surface area contributed by atoms with Crippen LogP contribution in [-0.4, -0.2) is 55.7 Å². The van der Waals surface area contributed by atoms with Crippen molar-refractivity contribution in [3.8, 4) is 5.75 Å². The van der Waals surface area contributed by atoms with Crippen LogP contribution in [0, 0.1) is 11.8 Å². The summed E-state index contributed by atoms with van der Waals surface area (Å²) in [5.74, 6) is 0.883. The number of benzene rings is 2. The molecule has 1 aliphatic heterocycles. The molecule has 2 aromatic carbocycles. The van der Waals surface area contributed by atoms with Crippen LogP contribution in [0.15, 0.2) is 36.4 Å². The highest BCUT2D eigenvalue weighted by atomic mass is 35.5. The molecule has 7 heteroatoms. The maximum absolute atomic E-state index is 12.3. The molecule has 0 radical (unpaired) electrons. The number of nitrogens with zero attached hydrogens (tertiary/aromatic N) is 1. The van der Waals surface area contributed by atoms with Gasteiger partial charge in [0.2, 0.25) is 0 Å². The molecule has 1 fully saturated rings. The first-order valence-electron chi connectivity index (χ1n) is 12.6. The largest absolute Gasteiger partial charge is 0.490 e.